The second kappa shape index (κ2) is 22.6. The molecule has 0 radical (unpaired) electrons. The number of allylic oxidation sites excluding steroid dienone is 1. The van der Waals surface area contributed by atoms with E-state index in [2.05, 4.69) is 12.2 Å². The molecular weight excluding hydrogens is 667 g/mol. The van der Waals surface area contributed by atoms with E-state index in [4.69, 9.17) is 14.7 Å². The van der Waals surface area contributed by atoms with Crippen molar-refractivity contribution in [3.63, 3.8) is 0 Å². The second-order valence-electron chi connectivity index (χ2n) is 14.5. The van der Waals surface area contributed by atoms with Gasteiger partial charge < -0.3 is 25.1 Å². The number of hydroxylamine groups is 1. The zero-order valence-corrected chi connectivity index (χ0v) is 32.1. The number of unbranched alkanes of at least 4 members (excludes halogenated alkanes) is 13. The van der Waals surface area contributed by atoms with Gasteiger partial charge in [-0.2, -0.15) is 16.8 Å². The topological polar surface area (TPSA) is 134 Å². The van der Waals surface area contributed by atoms with E-state index in [1.54, 1.807) is 12.1 Å². The lowest BCUT2D eigenvalue weighted by Gasteiger charge is -2.24. The SMILES string of the molecule is CCCCCCCCCCCCCCCCOc1ccccc1NC(=O)c1ccc(N2CC(CSCC(O)CO)=C(C(C)(C)C)O2)c([N+](=O)[O-])c1. The molecule has 0 saturated carbocycles. The van der Waals surface area contributed by atoms with Crippen molar-refractivity contribution >= 4 is 34.7 Å². The van der Waals surface area contributed by atoms with E-state index in [9.17, 15) is 20.0 Å². The van der Waals surface area contributed by atoms with Gasteiger partial charge in [0.25, 0.3) is 11.6 Å². The Labute approximate surface area is 309 Å². The largest absolute Gasteiger partial charge is 0.491 e. The summed E-state index contributed by atoms with van der Waals surface area (Å²) in [4.78, 5) is 31.2. The summed E-state index contributed by atoms with van der Waals surface area (Å²) < 4.78 is 6.05. The number of rotatable bonds is 25. The van der Waals surface area contributed by atoms with Gasteiger partial charge in [0, 0.05) is 34.1 Å². The van der Waals surface area contributed by atoms with Crippen molar-refractivity contribution in [3.8, 4) is 5.75 Å². The molecule has 0 aromatic heterocycles. The van der Waals surface area contributed by atoms with Crippen LogP contribution in [0, 0.1) is 15.5 Å². The van der Waals surface area contributed by atoms with E-state index >= 15 is 0 Å². The first-order chi connectivity index (χ1) is 24.5. The minimum atomic E-state index is -0.820. The smallest absolute Gasteiger partial charge is 0.296 e. The molecule has 0 fully saturated rings. The van der Waals surface area contributed by atoms with Crippen LogP contribution < -0.4 is 15.1 Å². The van der Waals surface area contributed by atoms with E-state index in [-0.39, 0.29) is 29.0 Å². The predicted molar refractivity (Wildman–Crippen MR) is 209 cm³/mol. The third kappa shape index (κ3) is 14.7. The van der Waals surface area contributed by atoms with E-state index in [1.165, 1.54) is 106 Å². The molecule has 0 aliphatic carbocycles. The molecule has 1 unspecified atom stereocenters. The number of amides is 1. The summed E-state index contributed by atoms with van der Waals surface area (Å²) in [7, 11) is 0. The number of thioether (sulfide) groups is 1. The molecule has 1 amide bonds. The highest BCUT2D eigenvalue weighted by atomic mass is 32.2. The number of nitrogens with one attached hydrogen (secondary N) is 1. The Morgan fingerprint density at radius 1 is 0.980 bits per heavy atom. The molecule has 11 heteroatoms. The number of hydrogen-bond acceptors (Lipinski definition) is 9. The van der Waals surface area contributed by atoms with Gasteiger partial charge in [-0.05, 0) is 30.7 Å². The maximum Gasteiger partial charge on any atom is 0.296 e. The molecule has 3 rings (SSSR count). The second-order valence-corrected chi connectivity index (χ2v) is 15.5. The van der Waals surface area contributed by atoms with Gasteiger partial charge in [-0.1, -0.05) is 123 Å². The number of anilines is 2. The molecule has 2 aromatic carbocycles. The van der Waals surface area contributed by atoms with Crippen molar-refractivity contribution in [2.75, 3.05) is 41.6 Å². The summed E-state index contributed by atoms with van der Waals surface area (Å²) in [5, 5.41) is 35.5. The van der Waals surface area contributed by atoms with Crippen molar-refractivity contribution in [1.82, 2.24) is 0 Å². The van der Waals surface area contributed by atoms with Crippen molar-refractivity contribution < 1.29 is 29.5 Å². The molecule has 10 nitrogen and oxygen atoms in total. The molecule has 1 aliphatic rings. The summed E-state index contributed by atoms with van der Waals surface area (Å²) in [6.45, 7) is 8.80. The number of aliphatic hydroxyl groups is 2. The van der Waals surface area contributed by atoms with Gasteiger partial charge in [-0.25, -0.2) is 0 Å². The summed E-state index contributed by atoms with van der Waals surface area (Å²) >= 11 is 1.46. The summed E-state index contributed by atoms with van der Waals surface area (Å²) in [5.74, 6) is 1.68. The average molecular weight is 728 g/mol. The number of nitro benzene ring substituents is 1. The van der Waals surface area contributed by atoms with Crippen LogP contribution in [0.1, 0.15) is 128 Å². The third-order valence-electron chi connectivity index (χ3n) is 8.93. The number of carbonyl (C=O) groups is 1. The Morgan fingerprint density at radius 2 is 1.59 bits per heavy atom. The Hall–Kier alpha value is -3.28. The van der Waals surface area contributed by atoms with Gasteiger partial charge in [0.1, 0.15) is 11.5 Å². The van der Waals surface area contributed by atoms with Crippen molar-refractivity contribution in [1.29, 1.82) is 0 Å². The van der Waals surface area contributed by atoms with Gasteiger partial charge in [0.2, 0.25) is 0 Å². The number of para-hydroxylation sites is 2. The van der Waals surface area contributed by atoms with Crippen LogP contribution in [0.4, 0.5) is 17.1 Å². The standard InChI is InChI=1S/C40H61N3O7S/c1-5-6-7-8-9-10-11-12-13-14-15-16-17-20-25-49-37-22-19-18-21-34(37)41-39(46)31-23-24-35(36(26-31)43(47)48)42-27-32(29-51-30-33(45)28-44)38(50-42)40(2,3)4/h18-19,21-24,26,33,44-45H,5-17,20,25,27-30H2,1-4H3,(H,41,46). The van der Waals surface area contributed by atoms with Crippen molar-refractivity contribution in [2.24, 2.45) is 5.41 Å². The van der Waals surface area contributed by atoms with Crippen LogP contribution in [0.25, 0.3) is 0 Å². The first-order valence-electron chi connectivity index (χ1n) is 18.9. The van der Waals surface area contributed by atoms with Gasteiger partial charge in [0.15, 0.2) is 5.69 Å². The predicted octanol–water partition coefficient (Wildman–Crippen LogP) is 9.85. The van der Waals surface area contributed by atoms with Gasteiger partial charge in [-0.15, -0.1) is 0 Å². The minimum absolute atomic E-state index is 0.143. The molecule has 0 bridgehead atoms. The number of hydrogen-bond donors (Lipinski definition) is 3. The minimum Gasteiger partial charge on any atom is -0.491 e. The monoisotopic (exact) mass is 727 g/mol. The molecule has 3 N–H and O–H groups in total. The molecule has 0 saturated heterocycles. The Bertz CT molecular complexity index is 1390. The van der Waals surface area contributed by atoms with Crippen LogP contribution in [0.3, 0.4) is 0 Å². The fourth-order valence-corrected chi connectivity index (χ4v) is 7.09. The van der Waals surface area contributed by atoms with Crippen LogP contribution in [-0.2, 0) is 4.84 Å². The summed E-state index contributed by atoms with van der Waals surface area (Å²) in [6.07, 6.45) is 17.2. The third-order valence-corrected chi connectivity index (χ3v) is 10.1. The van der Waals surface area contributed by atoms with E-state index < -0.39 is 16.9 Å². The number of benzene rings is 2. The van der Waals surface area contributed by atoms with E-state index in [0.29, 0.717) is 41.9 Å². The Morgan fingerprint density at radius 3 is 2.18 bits per heavy atom. The normalized spacial score (nSPS) is 13.7. The van der Waals surface area contributed by atoms with Crippen LogP contribution in [0.15, 0.2) is 53.8 Å². The molecule has 51 heavy (non-hydrogen) atoms. The zero-order chi connectivity index (χ0) is 37.1. The fraction of sp³-hybridized carbons (Fsp3) is 0.625. The van der Waals surface area contributed by atoms with Gasteiger partial charge in [0.05, 0.1) is 36.5 Å². The molecule has 1 aliphatic heterocycles. The van der Waals surface area contributed by atoms with Crippen LogP contribution >= 0.6 is 11.8 Å². The number of aliphatic hydroxyl groups excluding tert-OH is 2. The highest BCUT2D eigenvalue weighted by Crippen LogP contribution is 2.41. The molecule has 0 spiro atoms. The quantitative estimate of drug-likeness (QED) is 0.0519. The lowest BCUT2D eigenvalue weighted by Crippen LogP contribution is -2.22. The number of carbonyl (C=O) groups excluding carboxylic acids is 1. The molecule has 1 atom stereocenters. The highest BCUT2D eigenvalue weighted by Gasteiger charge is 2.35. The highest BCUT2D eigenvalue weighted by molar-refractivity contribution is 7.99. The van der Waals surface area contributed by atoms with Crippen LogP contribution in [0.2, 0.25) is 0 Å². The van der Waals surface area contributed by atoms with Gasteiger partial charge >= 0.3 is 0 Å². The summed E-state index contributed by atoms with van der Waals surface area (Å²) in [6, 6.07) is 11.6. The fourth-order valence-electron chi connectivity index (χ4n) is 6.13. The van der Waals surface area contributed by atoms with Crippen molar-refractivity contribution in [3.05, 3.63) is 69.5 Å². The first-order valence-corrected chi connectivity index (χ1v) is 20.1. The Kier molecular flexibility index (Phi) is 18.7. The zero-order valence-electron chi connectivity index (χ0n) is 31.3. The van der Waals surface area contributed by atoms with Crippen molar-refractivity contribution in [2.45, 2.75) is 124 Å². The van der Waals surface area contributed by atoms with Crippen LogP contribution in [0.5, 0.6) is 5.75 Å². The van der Waals surface area contributed by atoms with E-state index in [1.807, 2.05) is 39.0 Å². The molecule has 284 valence electrons. The number of ether oxygens (including phenoxy) is 1. The number of nitrogens with zero attached hydrogens (tertiary/aromatic N) is 2. The Balaban J connectivity index is 1.49. The maximum absolute atomic E-state index is 13.3. The average Bonchev–Trinajstić information content (AvgIpc) is 3.55. The lowest BCUT2D eigenvalue weighted by atomic mass is 9.91. The molecular formula is C40H61N3O7S. The summed E-state index contributed by atoms with van der Waals surface area (Å²) in [5.41, 5.74) is 1.23. The maximum atomic E-state index is 13.3. The van der Waals surface area contributed by atoms with E-state index in [0.717, 1.165) is 18.4 Å². The molecule has 1 heterocycles. The number of nitro groups is 1. The lowest BCUT2D eigenvalue weighted by molar-refractivity contribution is -0.384. The van der Waals surface area contributed by atoms with Crippen LogP contribution in [-0.4, -0.2) is 58.4 Å². The van der Waals surface area contributed by atoms with Gasteiger partial charge in [-0.3, -0.25) is 14.9 Å². The first kappa shape index (κ1) is 42.1. The molecule has 2 aromatic rings.